The molecule has 0 aromatic heterocycles. The molecule has 5 aliphatic rings. The maximum Gasteiger partial charge on any atom is 0.264 e. The first-order valence-electron chi connectivity index (χ1n) is 14.7. The number of hydrogen-bond acceptors (Lipinski definition) is 6. The van der Waals surface area contributed by atoms with Crippen molar-refractivity contribution in [1.29, 1.82) is 0 Å². The van der Waals surface area contributed by atoms with Crippen LogP contribution in [0, 0.1) is 17.3 Å². The Morgan fingerprint density at radius 1 is 1.24 bits per heavy atom. The molecule has 0 radical (unpaired) electrons. The molecule has 41 heavy (non-hydrogen) atoms. The second kappa shape index (κ2) is 10.6. The number of nitrogens with one attached hydrogen (secondary N) is 1. The van der Waals surface area contributed by atoms with Crippen molar-refractivity contribution >= 4 is 27.5 Å². The Labute approximate surface area is 248 Å². The zero-order valence-electron chi connectivity index (χ0n) is 23.7. The van der Waals surface area contributed by atoms with Crippen LogP contribution >= 0.6 is 11.6 Å². The molecule has 1 aromatic rings. The summed E-state index contributed by atoms with van der Waals surface area (Å²) in [6.45, 7) is 5.37. The first kappa shape index (κ1) is 28.6. The summed E-state index contributed by atoms with van der Waals surface area (Å²) in [6.07, 6.45) is 15.2. The lowest BCUT2D eigenvalue weighted by Gasteiger charge is -2.51. The highest BCUT2D eigenvalue weighted by atomic mass is 35.5. The molecule has 3 aliphatic heterocycles. The maximum absolute atomic E-state index is 13.6. The molecule has 220 valence electrons. The molecule has 7 nitrogen and oxygen atoms in total. The summed E-state index contributed by atoms with van der Waals surface area (Å²) in [5.74, 6) is -0.257. The van der Waals surface area contributed by atoms with Crippen molar-refractivity contribution < 1.29 is 23.1 Å². The van der Waals surface area contributed by atoms with Gasteiger partial charge >= 0.3 is 0 Å². The number of nitrogens with zero attached hydrogens (tertiary/aromatic N) is 1. The summed E-state index contributed by atoms with van der Waals surface area (Å²) >= 11 is 6.43. The molecule has 9 heteroatoms. The van der Waals surface area contributed by atoms with Crippen molar-refractivity contribution in [2.24, 2.45) is 17.3 Å². The lowest BCUT2D eigenvalue weighted by molar-refractivity contribution is -0.115. The van der Waals surface area contributed by atoms with E-state index < -0.39 is 32.7 Å². The zero-order chi connectivity index (χ0) is 29.0. The van der Waals surface area contributed by atoms with E-state index in [4.69, 9.17) is 16.3 Å². The van der Waals surface area contributed by atoms with Gasteiger partial charge in [0.15, 0.2) is 0 Å². The third kappa shape index (κ3) is 5.06. The number of sulfonamides is 1. The third-order valence-corrected chi connectivity index (χ3v) is 12.5. The first-order chi connectivity index (χ1) is 19.5. The van der Waals surface area contributed by atoms with Gasteiger partial charge < -0.3 is 14.7 Å². The smallest absolute Gasteiger partial charge is 0.264 e. The SMILES string of the molecule is C[C@@H]1[C@@]2(C)C/C=C/[C@H](O)[C@@H]3CC[C@H]3CN3C[C@@]4(CCCc5cc(Cl)ccc54)COC=CC=C(C=C32)C(=O)NS1(=O)=O. The van der Waals surface area contributed by atoms with E-state index in [1.165, 1.54) is 11.1 Å². The Bertz CT molecular complexity index is 1470. The summed E-state index contributed by atoms with van der Waals surface area (Å²) in [4.78, 5) is 15.6. The van der Waals surface area contributed by atoms with Gasteiger partial charge in [0.05, 0.1) is 24.2 Å². The van der Waals surface area contributed by atoms with Crippen LogP contribution in [0.4, 0.5) is 0 Å². The molecule has 1 aromatic carbocycles. The Morgan fingerprint density at radius 2 is 2.07 bits per heavy atom. The highest BCUT2D eigenvalue weighted by Gasteiger charge is 2.50. The van der Waals surface area contributed by atoms with Gasteiger partial charge in [-0.1, -0.05) is 36.7 Å². The molecule has 6 rings (SSSR count). The fraction of sp³-hybridized carbons (Fsp3) is 0.531. The predicted molar refractivity (Wildman–Crippen MR) is 160 cm³/mol. The Kier molecular flexibility index (Phi) is 7.40. The number of halogens is 1. The Balaban J connectivity index is 1.58. The zero-order valence-corrected chi connectivity index (χ0v) is 25.3. The Hall–Kier alpha value is -2.55. The number of allylic oxidation sites excluding steroid dienone is 4. The highest BCUT2D eigenvalue weighted by Crippen LogP contribution is 2.48. The van der Waals surface area contributed by atoms with Gasteiger partial charge in [0.1, 0.15) is 0 Å². The minimum atomic E-state index is -4.01. The van der Waals surface area contributed by atoms with Crippen LogP contribution in [0.1, 0.15) is 57.1 Å². The van der Waals surface area contributed by atoms with E-state index in [-0.39, 0.29) is 22.8 Å². The summed E-state index contributed by atoms with van der Waals surface area (Å²) < 4.78 is 35.7. The van der Waals surface area contributed by atoms with E-state index in [0.717, 1.165) is 37.8 Å². The number of aliphatic hydroxyl groups excluding tert-OH is 1. The molecule has 2 bridgehead atoms. The molecule has 2 N–H and O–H groups in total. The van der Waals surface area contributed by atoms with Crippen LogP contribution in [-0.2, 0) is 31.4 Å². The van der Waals surface area contributed by atoms with Gasteiger partial charge in [-0.25, -0.2) is 13.1 Å². The number of carbonyl (C=O) groups is 1. The van der Waals surface area contributed by atoms with Gasteiger partial charge in [-0.15, -0.1) is 0 Å². The summed E-state index contributed by atoms with van der Waals surface area (Å²) in [5.41, 5.74) is 2.29. The standard InChI is InChI=1S/C32H39ClN2O5S/c1-21-31(2)13-4-8-28(36)26-11-9-24(26)18-35-19-32(14-3-6-22-16-25(33)10-12-27(22)32)20-40-15-5-7-23(17-29(31)35)30(37)34-41(21,38)39/h4-5,7-8,10,12,15-17,21,24,26,28,36H,3,6,9,11,13-14,18-20H2,1-2H3,(H,34,37)/b8-4+,15-5?,23-7?,29-17?/t21-,24+,26-,28+,31-,32+/m1/s1. The summed E-state index contributed by atoms with van der Waals surface area (Å²) in [6, 6.07) is 6.12. The average molecular weight is 599 g/mol. The number of amides is 1. The monoisotopic (exact) mass is 598 g/mol. The molecule has 6 atom stereocenters. The molecule has 3 heterocycles. The van der Waals surface area contributed by atoms with Crippen LogP contribution in [-0.4, -0.2) is 55.4 Å². The number of aryl methyl sites for hydroxylation is 1. The fourth-order valence-electron chi connectivity index (χ4n) is 7.62. The van der Waals surface area contributed by atoms with Crippen molar-refractivity contribution in [3.63, 3.8) is 0 Å². The number of ether oxygens (including phenoxy) is 1. The minimum absolute atomic E-state index is 0.147. The molecule has 1 fully saturated rings. The fourth-order valence-corrected chi connectivity index (χ4v) is 9.27. The molecular weight excluding hydrogens is 560 g/mol. The van der Waals surface area contributed by atoms with Gasteiger partial charge in [0, 0.05) is 40.2 Å². The van der Waals surface area contributed by atoms with Gasteiger partial charge in [0.2, 0.25) is 10.0 Å². The van der Waals surface area contributed by atoms with E-state index in [2.05, 4.69) is 21.8 Å². The lowest BCUT2D eigenvalue weighted by Crippen LogP contribution is -2.55. The van der Waals surface area contributed by atoms with Gasteiger partial charge in [-0.05, 0) is 98.8 Å². The van der Waals surface area contributed by atoms with Gasteiger partial charge in [-0.3, -0.25) is 4.79 Å². The second-order valence-electron chi connectivity index (χ2n) is 12.8. The molecule has 1 spiro atoms. The maximum atomic E-state index is 13.6. The molecular formula is C32H39ClN2O5S. The Morgan fingerprint density at radius 3 is 2.85 bits per heavy atom. The van der Waals surface area contributed by atoms with Crippen LogP contribution in [0.5, 0.6) is 0 Å². The van der Waals surface area contributed by atoms with Gasteiger partial charge in [0.25, 0.3) is 5.91 Å². The minimum Gasteiger partial charge on any atom is -0.500 e. The molecule has 2 aliphatic carbocycles. The number of aliphatic hydroxyl groups is 1. The number of fused-ring (bicyclic) bond motifs is 4. The quantitative estimate of drug-likeness (QED) is 0.418. The lowest BCUT2D eigenvalue weighted by atomic mass is 9.67. The van der Waals surface area contributed by atoms with Crippen molar-refractivity contribution in [3.8, 4) is 0 Å². The third-order valence-electron chi connectivity index (χ3n) is 10.4. The predicted octanol–water partition coefficient (Wildman–Crippen LogP) is 4.77. The van der Waals surface area contributed by atoms with Crippen molar-refractivity contribution in [3.05, 3.63) is 82.3 Å². The first-order valence-corrected chi connectivity index (χ1v) is 16.6. The number of rotatable bonds is 0. The summed E-state index contributed by atoms with van der Waals surface area (Å²) in [7, 11) is -4.01. The topological polar surface area (TPSA) is 95.9 Å². The van der Waals surface area contributed by atoms with E-state index in [1.807, 2.05) is 31.2 Å². The van der Waals surface area contributed by atoms with Crippen LogP contribution in [0.2, 0.25) is 5.02 Å². The number of carbonyl (C=O) groups excluding carboxylic acids is 1. The van der Waals surface area contributed by atoms with Crippen molar-refractivity contribution in [1.82, 2.24) is 9.62 Å². The highest BCUT2D eigenvalue weighted by molar-refractivity contribution is 7.90. The van der Waals surface area contributed by atoms with Crippen LogP contribution in [0.3, 0.4) is 0 Å². The van der Waals surface area contributed by atoms with Crippen LogP contribution in [0.25, 0.3) is 0 Å². The van der Waals surface area contributed by atoms with E-state index in [0.29, 0.717) is 31.1 Å². The number of benzene rings is 1. The summed E-state index contributed by atoms with van der Waals surface area (Å²) in [5, 5.41) is 10.9. The van der Waals surface area contributed by atoms with E-state index in [9.17, 15) is 18.3 Å². The second-order valence-corrected chi connectivity index (χ2v) is 15.2. The molecule has 1 amide bonds. The van der Waals surface area contributed by atoms with E-state index >= 15 is 0 Å². The largest absolute Gasteiger partial charge is 0.500 e. The normalized spacial score (nSPS) is 37.3. The molecule has 0 saturated heterocycles. The van der Waals surface area contributed by atoms with Crippen LogP contribution < -0.4 is 4.72 Å². The van der Waals surface area contributed by atoms with E-state index in [1.54, 1.807) is 25.3 Å². The van der Waals surface area contributed by atoms with Crippen LogP contribution in [0.15, 0.2) is 66.1 Å². The molecule has 0 unspecified atom stereocenters. The van der Waals surface area contributed by atoms with Crippen molar-refractivity contribution in [2.75, 3.05) is 19.7 Å². The van der Waals surface area contributed by atoms with Crippen molar-refractivity contribution in [2.45, 2.75) is 69.1 Å². The average Bonchev–Trinajstić information content (AvgIpc) is 2.93. The molecule has 1 saturated carbocycles. The number of hydrogen-bond donors (Lipinski definition) is 2. The van der Waals surface area contributed by atoms with Gasteiger partial charge in [-0.2, -0.15) is 0 Å².